The van der Waals surface area contributed by atoms with E-state index in [2.05, 4.69) is 64.9 Å². The van der Waals surface area contributed by atoms with Crippen LogP contribution in [0.3, 0.4) is 0 Å². The summed E-state index contributed by atoms with van der Waals surface area (Å²) in [5.41, 5.74) is 4.69. The standard InChI is InChI=1S/C20H24N2O/c1-5-20(23)14-15-22(4)19-12-8-17(9-13-19)16-6-10-18(11-7-16)21(2)3/h5-13H,1,14-15H2,2-4H3. The molecule has 2 aromatic rings. The van der Waals surface area contributed by atoms with Crippen molar-refractivity contribution in [2.75, 3.05) is 37.5 Å². The summed E-state index contributed by atoms with van der Waals surface area (Å²) < 4.78 is 0. The second-order valence-electron chi connectivity index (χ2n) is 5.83. The summed E-state index contributed by atoms with van der Waals surface area (Å²) >= 11 is 0. The summed E-state index contributed by atoms with van der Waals surface area (Å²) in [6, 6.07) is 16.9. The van der Waals surface area contributed by atoms with Gasteiger partial charge in [-0.15, -0.1) is 0 Å². The number of nitrogens with zero attached hydrogens (tertiary/aromatic N) is 2. The van der Waals surface area contributed by atoms with E-state index in [0.29, 0.717) is 13.0 Å². The van der Waals surface area contributed by atoms with Crippen molar-refractivity contribution in [2.45, 2.75) is 6.42 Å². The Hall–Kier alpha value is -2.55. The molecule has 3 nitrogen and oxygen atoms in total. The first-order valence-corrected chi connectivity index (χ1v) is 7.75. The van der Waals surface area contributed by atoms with Crippen LogP contribution in [0.15, 0.2) is 61.2 Å². The third-order valence-electron chi connectivity index (χ3n) is 3.95. The summed E-state index contributed by atoms with van der Waals surface area (Å²) in [6.45, 7) is 4.20. The van der Waals surface area contributed by atoms with Crippen LogP contribution in [0.2, 0.25) is 0 Å². The molecule has 0 heterocycles. The molecule has 2 rings (SSSR count). The Kier molecular flexibility index (Phi) is 5.58. The predicted molar refractivity (Wildman–Crippen MR) is 99.3 cm³/mol. The maximum absolute atomic E-state index is 11.3. The number of hydrogen-bond donors (Lipinski definition) is 0. The molecular weight excluding hydrogens is 284 g/mol. The largest absolute Gasteiger partial charge is 0.378 e. The van der Waals surface area contributed by atoms with Gasteiger partial charge in [0.05, 0.1) is 0 Å². The zero-order valence-corrected chi connectivity index (χ0v) is 14.1. The molecule has 0 aliphatic heterocycles. The van der Waals surface area contributed by atoms with Crippen LogP contribution in [0.5, 0.6) is 0 Å². The summed E-state index contributed by atoms with van der Waals surface area (Å²) in [5.74, 6) is 0.0782. The van der Waals surface area contributed by atoms with Gasteiger partial charge >= 0.3 is 0 Å². The number of carbonyl (C=O) groups is 1. The molecule has 0 atom stereocenters. The van der Waals surface area contributed by atoms with Gasteiger partial charge in [0.15, 0.2) is 5.78 Å². The number of allylic oxidation sites excluding steroid dienone is 1. The van der Waals surface area contributed by atoms with E-state index in [1.54, 1.807) is 0 Å². The van der Waals surface area contributed by atoms with Crippen molar-refractivity contribution in [3.8, 4) is 11.1 Å². The average Bonchev–Trinajstić information content (AvgIpc) is 2.59. The molecule has 0 amide bonds. The minimum absolute atomic E-state index is 0.0782. The van der Waals surface area contributed by atoms with E-state index < -0.39 is 0 Å². The molecule has 0 radical (unpaired) electrons. The van der Waals surface area contributed by atoms with E-state index in [0.717, 1.165) is 5.69 Å². The summed E-state index contributed by atoms with van der Waals surface area (Å²) in [7, 11) is 6.07. The van der Waals surface area contributed by atoms with Crippen molar-refractivity contribution in [3.63, 3.8) is 0 Å². The molecule has 0 unspecified atom stereocenters. The van der Waals surface area contributed by atoms with Crippen LogP contribution in [-0.2, 0) is 4.79 Å². The number of carbonyl (C=O) groups excluding carboxylic acids is 1. The number of rotatable bonds is 7. The fourth-order valence-electron chi connectivity index (χ4n) is 2.37. The summed E-state index contributed by atoms with van der Waals surface area (Å²) in [5, 5.41) is 0. The van der Waals surface area contributed by atoms with Crippen molar-refractivity contribution in [1.82, 2.24) is 0 Å². The highest BCUT2D eigenvalue weighted by Crippen LogP contribution is 2.25. The van der Waals surface area contributed by atoms with Crippen molar-refractivity contribution in [1.29, 1.82) is 0 Å². The lowest BCUT2D eigenvalue weighted by Gasteiger charge is -2.19. The molecule has 0 aliphatic rings. The monoisotopic (exact) mass is 308 g/mol. The lowest BCUT2D eigenvalue weighted by Crippen LogP contribution is -2.20. The second-order valence-corrected chi connectivity index (χ2v) is 5.83. The van der Waals surface area contributed by atoms with E-state index in [1.807, 2.05) is 21.1 Å². The van der Waals surface area contributed by atoms with Gasteiger partial charge in [0.25, 0.3) is 0 Å². The Bertz CT molecular complexity index is 657. The van der Waals surface area contributed by atoms with Crippen molar-refractivity contribution < 1.29 is 4.79 Å². The minimum Gasteiger partial charge on any atom is -0.378 e. The van der Waals surface area contributed by atoms with E-state index in [9.17, 15) is 4.79 Å². The molecule has 0 saturated heterocycles. The van der Waals surface area contributed by atoms with Gasteiger partial charge in [-0.05, 0) is 41.5 Å². The molecule has 0 fully saturated rings. The van der Waals surface area contributed by atoms with Gasteiger partial charge in [0, 0.05) is 45.5 Å². The van der Waals surface area contributed by atoms with Crippen LogP contribution in [-0.4, -0.2) is 33.5 Å². The fourth-order valence-corrected chi connectivity index (χ4v) is 2.37. The molecule has 0 saturated carbocycles. The number of ketones is 1. The first kappa shape index (κ1) is 16.8. The molecule has 0 bridgehead atoms. The second kappa shape index (κ2) is 7.63. The minimum atomic E-state index is 0.0782. The van der Waals surface area contributed by atoms with Crippen LogP contribution < -0.4 is 9.80 Å². The average molecular weight is 308 g/mol. The fraction of sp³-hybridized carbons (Fsp3) is 0.250. The molecule has 120 valence electrons. The van der Waals surface area contributed by atoms with Crippen LogP contribution >= 0.6 is 0 Å². The van der Waals surface area contributed by atoms with Gasteiger partial charge in [0.2, 0.25) is 0 Å². The van der Waals surface area contributed by atoms with Crippen LogP contribution in [0.1, 0.15) is 6.42 Å². The normalized spacial score (nSPS) is 10.2. The third kappa shape index (κ3) is 4.46. The van der Waals surface area contributed by atoms with E-state index >= 15 is 0 Å². The van der Waals surface area contributed by atoms with Crippen LogP contribution in [0.4, 0.5) is 11.4 Å². The molecule has 3 heteroatoms. The Morgan fingerprint density at radius 1 is 0.913 bits per heavy atom. The first-order valence-electron chi connectivity index (χ1n) is 7.75. The van der Waals surface area contributed by atoms with Gasteiger partial charge < -0.3 is 9.80 Å². The number of anilines is 2. The van der Waals surface area contributed by atoms with Gasteiger partial charge in [-0.25, -0.2) is 0 Å². The molecule has 0 aliphatic carbocycles. The van der Waals surface area contributed by atoms with Gasteiger partial charge in [-0.1, -0.05) is 30.8 Å². The van der Waals surface area contributed by atoms with Crippen LogP contribution in [0, 0.1) is 0 Å². The Morgan fingerprint density at radius 3 is 1.83 bits per heavy atom. The maximum atomic E-state index is 11.3. The van der Waals surface area contributed by atoms with E-state index in [1.165, 1.54) is 22.9 Å². The number of hydrogen-bond acceptors (Lipinski definition) is 3. The Balaban J connectivity index is 2.06. The highest BCUT2D eigenvalue weighted by molar-refractivity contribution is 5.89. The highest BCUT2D eigenvalue weighted by Gasteiger charge is 2.04. The Morgan fingerprint density at radius 2 is 1.39 bits per heavy atom. The summed E-state index contributed by atoms with van der Waals surface area (Å²) in [4.78, 5) is 15.5. The predicted octanol–water partition coefficient (Wildman–Crippen LogP) is 4.00. The van der Waals surface area contributed by atoms with Gasteiger partial charge in [-0.2, -0.15) is 0 Å². The summed E-state index contributed by atoms with van der Waals surface area (Å²) in [6.07, 6.45) is 1.88. The third-order valence-corrected chi connectivity index (χ3v) is 3.95. The zero-order chi connectivity index (χ0) is 16.8. The van der Waals surface area contributed by atoms with Crippen LogP contribution in [0.25, 0.3) is 11.1 Å². The zero-order valence-electron chi connectivity index (χ0n) is 14.1. The topological polar surface area (TPSA) is 23.6 Å². The lowest BCUT2D eigenvalue weighted by atomic mass is 10.0. The van der Waals surface area contributed by atoms with Crippen molar-refractivity contribution in [2.24, 2.45) is 0 Å². The number of benzene rings is 2. The quantitative estimate of drug-likeness (QED) is 0.722. The SMILES string of the molecule is C=CC(=O)CCN(C)c1ccc(-c2ccc(N(C)C)cc2)cc1. The van der Waals surface area contributed by atoms with Crippen molar-refractivity contribution >= 4 is 17.2 Å². The van der Waals surface area contributed by atoms with Gasteiger partial charge in [-0.3, -0.25) is 4.79 Å². The molecule has 23 heavy (non-hydrogen) atoms. The highest BCUT2D eigenvalue weighted by atomic mass is 16.1. The first-order chi connectivity index (χ1) is 11.0. The van der Waals surface area contributed by atoms with Gasteiger partial charge in [0.1, 0.15) is 0 Å². The molecule has 0 spiro atoms. The maximum Gasteiger partial charge on any atom is 0.156 e. The lowest BCUT2D eigenvalue weighted by molar-refractivity contribution is -0.114. The van der Waals surface area contributed by atoms with Crippen molar-refractivity contribution in [3.05, 3.63) is 61.2 Å². The molecule has 0 aromatic heterocycles. The Labute approximate surface area is 138 Å². The molecule has 2 aromatic carbocycles. The van der Waals surface area contributed by atoms with E-state index in [4.69, 9.17) is 0 Å². The molecule has 0 N–H and O–H groups in total. The van der Waals surface area contributed by atoms with E-state index in [-0.39, 0.29) is 5.78 Å². The molecular formula is C20H24N2O. The smallest absolute Gasteiger partial charge is 0.156 e.